The van der Waals surface area contributed by atoms with Gasteiger partial charge < -0.3 is 10.5 Å². The van der Waals surface area contributed by atoms with Crippen molar-refractivity contribution in [3.63, 3.8) is 0 Å². The Labute approximate surface area is 123 Å². The Bertz CT molecular complexity index is 468. The Morgan fingerprint density at radius 3 is 2.45 bits per heavy atom. The van der Waals surface area contributed by atoms with Crippen LogP contribution in [0, 0.1) is 13.8 Å². The summed E-state index contributed by atoms with van der Waals surface area (Å²) in [5.74, 6) is 1.07. The molecule has 0 saturated heterocycles. The first-order valence-electron chi connectivity index (χ1n) is 7.79. The molecule has 2 rings (SSSR count). The Hall–Kier alpha value is -1.06. The van der Waals surface area contributed by atoms with E-state index in [0.717, 1.165) is 38.3 Å². The lowest BCUT2D eigenvalue weighted by molar-refractivity contribution is 0.0947. The molecule has 0 bridgehead atoms. The van der Waals surface area contributed by atoms with Crippen LogP contribution in [0.4, 0.5) is 0 Å². The van der Waals surface area contributed by atoms with E-state index in [1.54, 1.807) is 0 Å². The molecule has 1 unspecified atom stereocenters. The van der Waals surface area contributed by atoms with Crippen molar-refractivity contribution in [2.45, 2.75) is 46.1 Å². The number of benzene rings is 1. The first-order chi connectivity index (χ1) is 9.60. The quantitative estimate of drug-likeness (QED) is 0.919. The fraction of sp³-hybridized carbons (Fsp3) is 0.647. The maximum atomic E-state index is 6.30. The summed E-state index contributed by atoms with van der Waals surface area (Å²) in [5, 5.41) is 0. The highest BCUT2D eigenvalue weighted by atomic mass is 16.5. The molecule has 1 aromatic carbocycles. The lowest BCUT2D eigenvalue weighted by atomic mass is 9.80. The minimum Gasteiger partial charge on any atom is -0.493 e. The van der Waals surface area contributed by atoms with Crippen LogP contribution in [0.15, 0.2) is 12.1 Å². The van der Waals surface area contributed by atoms with Gasteiger partial charge in [0.05, 0.1) is 12.1 Å². The summed E-state index contributed by atoms with van der Waals surface area (Å²) < 4.78 is 6.07. The van der Waals surface area contributed by atoms with Gasteiger partial charge in [0.25, 0.3) is 0 Å². The van der Waals surface area contributed by atoms with E-state index in [9.17, 15) is 0 Å². The number of hydrogen-bond acceptors (Lipinski definition) is 3. The number of likely N-dealkylation sites (N-methyl/N-ethyl adjacent to an activating group) is 1. The van der Waals surface area contributed by atoms with Gasteiger partial charge in [0.2, 0.25) is 0 Å². The zero-order valence-electron chi connectivity index (χ0n) is 13.3. The maximum absolute atomic E-state index is 6.30. The number of nitrogens with two attached hydrogens (primary N) is 1. The number of rotatable bonds is 4. The van der Waals surface area contributed by atoms with Gasteiger partial charge in [-0.1, -0.05) is 26.0 Å². The lowest BCUT2D eigenvalue weighted by Crippen LogP contribution is -2.51. The van der Waals surface area contributed by atoms with Crippen LogP contribution in [0.1, 0.15) is 43.4 Å². The van der Waals surface area contributed by atoms with E-state index in [2.05, 4.69) is 44.7 Å². The summed E-state index contributed by atoms with van der Waals surface area (Å²) >= 11 is 0. The van der Waals surface area contributed by atoms with Gasteiger partial charge in [0, 0.05) is 12.1 Å². The van der Waals surface area contributed by atoms with Crippen molar-refractivity contribution >= 4 is 0 Å². The molecule has 1 aliphatic heterocycles. The third-order valence-electron chi connectivity index (χ3n) is 4.72. The smallest absolute Gasteiger partial charge is 0.127 e. The molecule has 1 aliphatic rings. The third-order valence-corrected chi connectivity index (χ3v) is 4.72. The normalized spacial score (nSPS) is 22.3. The zero-order valence-corrected chi connectivity index (χ0v) is 13.3. The van der Waals surface area contributed by atoms with Crippen molar-refractivity contribution in [1.82, 2.24) is 4.90 Å². The molecule has 0 amide bonds. The van der Waals surface area contributed by atoms with Gasteiger partial charge >= 0.3 is 0 Å². The second-order valence-electron chi connectivity index (χ2n) is 5.76. The summed E-state index contributed by atoms with van der Waals surface area (Å²) in [5.41, 5.74) is 10.1. The molecular formula is C17H28N2O. The molecule has 0 aromatic heterocycles. The second-order valence-corrected chi connectivity index (χ2v) is 5.76. The van der Waals surface area contributed by atoms with Gasteiger partial charge in [0.1, 0.15) is 5.75 Å². The van der Waals surface area contributed by atoms with Crippen LogP contribution >= 0.6 is 0 Å². The molecule has 1 aromatic rings. The van der Waals surface area contributed by atoms with Crippen LogP contribution in [0.5, 0.6) is 5.75 Å². The van der Waals surface area contributed by atoms with E-state index in [1.807, 2.05) is 0 Å². The SMILES string of the molecule is CCN(CC)C1(CN)CCCOc2c(C)ccc(C)c21. The van der Waals surface area contributed by atoms with E-state index in [-0.39, 0.29) is 5.54 Å². The Kier molecular flexibility index (Phi) is 4.71. The fourth-order valence-electron chi connectivity index (χ4n) is 3.69. The van der Waals surface area contributed by atoms with Crippen LogP contribution in [0.2, 0.25) is 0 Å². The van der Waals surface area contributed by atoms with E-state index >= 15 is 0 Å². The highest BCUT2D eigenvalue weighted by Gasteiger charge is 2.40. The molecule has 3 heteroatoms. The highest BCUT2D eigenvalue weighted by molar-refractivity contribution is 5.50. The molecule has 0 fully saturated rings. The maximum Gasteiger partial charge on any atom is 0.127 e. The van der Waals surface area contributed by atoms with Crippen LogP contribution in [-0.4, -0.2) is 31.1 Å². The van der Waals surface area contributed by atoms with Crippen molar-refractivity contribution in [1.29, 1.82) is 0 Å². The number of fused-ring (bicyclic) bond motifs is 1. The average molecular weight is 276 g/mol. The summed E-state index contributed by atoms with van der Waals surface area (Å²) in [6, 6.07) is 4.36. The molecule has 112 valence electrons. The van der Waals surface area contributed by atoms with Gasteiger partial charge in [-0.15, -0.1) is 0 Å². The average Bonchev–Trinajstić information content (AvgIpc) is 2.66. The fourth-order valence-corrected chi connectivity index (χ4v) is 3.69. The van der Waals surface area contributed by atoms with Crippen molar-refractivity contribution in [2.24, 2.45) is 5.73 Å². The zero-order chi connectivity index (χ0) is 14.8. The Balaban J connectivity index is 2.68. The van der Waals surface area contributed by atoms with E-state index < -0.39 is 0 Å². The lowest BCUT2D eigenvalue weighted by Gasteiger charge is -2.43. The van der Waals surface area contributed by atoms with Crippen molar-refractivity contribution in [2.75, 3.05) is 26.2 Å². The van der Waals surface area contributed by atoms with Gasteiger partial charge in [-0.2, -0.15) is 0 Å². The molecule has 1 atom stereocenters. The predicted molar refractivity (Wildman–Crippen MR) is 84.3 cm³/mol. The Morgan fingerprint density at radius 1 is 1.20 bits per heavy atom. The first-order valence-corrected chi connectivity index (χ1v) is 7.79. The van der Waals surface area contributed by atoms with Crippen molar-refractivity contribution in [3.05, 3.63) is 28.8 Å². The van der Waals surface area contributed by atoms with Crippen LogP contribution < -0.4 is 10.5 Å². The molecule has 0 saturated carbocycles. The molecular weight excluding hydrogens is 248 g/mol. The molecule has 0 radical (unpaired) electrons. The molecule has 20 heavy (non-hydrogen) atoms. The first kappa shape index (κ1) is 15.3. The van der Waals surface area contributed by atoms with Crippen LogP contribution in [-0.2, 0) is 5.54 Å². The van der Waals surface area contributed by atoms with Gasteiger partial charge in [0.15, 0.2) is 0 Å². The topological polar surface area (TPSA) is 38.5 Å². The summed E-state index contributed by atoms with van der Waals surface area (Å²) in [6.07, 6.45) is 2.13. The standard InChI is InChI=1S/C17H28N2O/c1-5-19(6-2)17(12-18)10-7-11-20-16-14(4)9-8-13(3)15(16)17/h8-9H,5-7,10-12,18H2,1-4H3. The molecule has 1 heterocycles. The minimum atomic E-state index is -0.0779. The van der Waals surface area contributed by atoms with E-state index in [1.165, 1.54) is 16.7 Å². The summed E-state index contributed by atoms with van der Waals surface area (Å²) in [7, 11) is 0. The van der Waals surface area contributed by atoms with Gasteiger partial charge in [-0.25, -0.2) is 0 Å². The van der Waals surface area contributed by atoms with E-state index in [0.29, 0.717) is 6.54 Å². The molecule has 2 N–H and O–H groups in total. The highest BCUT2D eigenvalue weighted by Crippen LogP contribution is 2.43. The molecule has 0 spiro atoms. The second kappa shape index (κ2) is 6.15. The van der Waals surface area contributed by atoms with Crippen LogP contribution in [0.3, 0.4) is 0 Å². The van der Waals surface area contributed by atoms with Crippen molar-refractivity contribution in [3.8, 4) is 5.75 Å². The number of ether oxygens (including phenoxy) is 1. The molecule has 3 nitrogen and oxygen atoms in total. The third kappa shape index (κ3) is 2.33. The summed E-state index contributed by atoms with van der Waals surface area (Å²) in [4.78, 5) is 2.51. The Morgan fingerprint density at radius 2 is 1.85 bits per heavy atom. The van der Waals surface area contributed by atoms with Crippen LogP contribution in [0.25, 0.3) is 0 Å². The van der Waals surface area contributed by atoms with Gasteiger partial charge in [-0.3, -0.25) is 4.90 Å². The monoisotopic (exact) mass is 276 g/mol. The predicted octanol–water partition coefficient (Wildman–Crippen LogP) is 2.97. The number of aryl methyl sites for hydroxylation is 2. The summed E-state index contributed by atoms with van der Waals surface area (Å²) in [6.45, 7) is 12.2. The van der Waals surface area contributed by atoms with Gasteiger partial charge in [-0.05, 0) is 50.9 Å². The van der Waals surface area contributed by atoms with Crippen molar-refractivity contribution < 1.29 is 4.74 Å². The molecule has 0 aliphatic carbocycles. The minimum absolute atomic E-state index is 0.0779. The number of nitrogens with zero attached hydrogens (tertiary/aromatic N) is 1. The van der Waals surface area contributed by atoms with E-state index in [4.69, 9.17) is 10.5 Å². The largest absolute Gasteiger partial charge is 0.493 e. The number of hydrogen-bond donors (Lipinski definition) is 1.